The minimum absolute atomic E-state index is 0.112. The lowest BCUT2D eigenvalue weighted by atomic mass is 9.92. The summed E-state index contributed by atoms with van der Waals surface area (Å²) in [5.41, 5.74) is 1.49. The molecule has 1 aromatic heterocycles. The Balaban J connectivity index is 1.82. The molecule has 0 radical (unpaired) electrons. The number of para-hydroxylation sites is 1. The quantitative estimate of drug-likeness (QED) is 0.773. The molecule has 0 bridgehead atoms. The molecule has 0 saturated heterocycles. The van der Waals surface area contributed by atoms with Crippen LogP contribution in [0.3, 0.4) is 0 Å². The van der Waals surface area contributed by atoms with E-state index in [1.54, 1.807) is 0 Å². The Hall–Kier alpha value is -1.81. The van der Waals surface area contributed by atoms with Crippen LogP contribution in [-0.4, -0.2) is 28.1 Å². The van der Waals surface area contributed by atoms with Gasteiger partial charge in [-0.2, -0.15) is 0 Å². The molecule has 1 saturated carbocycles. The monoisotopic (exact) mass is 258 g/mol. The van der Waals surface area contributed by atoms with Gasteiger partial charge in [0, 0.05) is 11.6 Å². The largest absolute Gasteiger partial charge is 0.391 e. The first-order valence-electron chi connectivity index (χ1n) is 6.81. The van der Waals surface area contributed by atoms with Crippen molar-refractivity contribution in [1.29, 1.82) is 0 Å². The van der Waals surface area contributed by atoms with E-state index in [0.29, 0.717) is 5.56 Å². The Bertz CT molecular complexity index is 591. The number of aliphatic hydroxyl groups is 1. The highest BCUT2D eigenvalue weighted by Crippen LogP contribution is 2.20. The summed E-state index contributed by atoms with van der Waals surface area (Å²) in [5, 5.41) is 13.9. The van der Waals surface area contributed by atoms with Gasteiger partial charge in [-0.25, -0.2) is 0 Å². The molecular formula is C15H18N2O2. The predicted molar refractivity (Wildman–Crippen MR) is 74.0 cm³/mol. The van der Waals surface area contributed by atoms with Gasteiger partial charge in [0.2, 0.25) is 0 Å². The lowest BCUT2D eigenvalue weighted by molar-refractivity contribution is 0.0718. The van der Waals surface area contributed by atoms with Gasteiger partial charge in [-0.3, -0.25) is 4.79 Å². The maximum absolute atomic E-state index is 12.3. The molecule has 19 heavy (non-hydrogen) atoms. The van der Waals surface area contributed by atoms with Crippen LogP contribution in [0.5, 0.6) is 0 Å². The Morgan fingerprint density at radius 1 is 1.26 bits per heavy atom. The van der Waals surface area contributed by atoms with E-state index in [2.05, 4.69) is 10.3 Å². The number of hydrogen-bond acceptors (Lipinski definition) is 2. The van der Waals surface area contributed by atoms with Gasteiger partial charge in [-0.15, -0.1) is 0 Å². The molecule has 1 fully saturated rings. The number of aromatic amines is 1. The van der Waals surface area contributed by atoms with Crippen molar-refractivity contribution in [3.63, 3.8) is 0 Å². The van der Waals surface area contributed by atoms with Crippen LogP contribution >= 0.6 is 0 Å². The zero-order chi connectivity index (χ0) is 13.2. The van der Waals surface area contributed by atoms with Gasteiger partial charge in [0.25, 0.3) is 5.91 Å². The third kappa shape index (κ3) is 2.36. The molecule has 3 N–H and O–H groups in total. The van der Waals surface area contributed by atoms with Gasteiger partial charge in [-0.05, 0) is 25.0 Å². The predicted octanol–water partition coefficient (Wildman–Crippen LogP) is 2.20. The molecule has 1 aliphatic carbocycles. The Labute approximate surface area is 111 Å². The number of amides is 1. The standard InChI is InChI=1S/C15H18N2O2/c18-13-7-2-1-6-12(13)17-15(19)11-5-3-4-10-8-9-16-14(10)11/h3-5,8-9,12-13,16,18H,1-2,6-7H2,(H,17,19)/t12-,13-/m0/s1. The fourth-order valence-corrected chi connectivity index (χ4v) is 2.80. The molecule has 1 aromatic carbocycles. The molecule has 4 nitrogen and oxygen atoms in total. The number of aliphatic hydroxyl groups excluding tert-OH is 1. The fourth-order valence-electron chi connectivity index (χ4n) is 2.80. The van der Waals surface area contributed by atoms with Crippen LogP contribution in [0.2, 0.25) is 0 Å². The van der Waals surface area contributed by atoms with Crippen molar-refractivity contribution in [3.05, 3.63) is 36.0 Å². The second-order valence-corrected chi connectivity index (χ2v) is 5.18. The lowest BCUT2D eigenvalue weighted by Gasteiger charge is -2.28. The number of aromatic nitrogens is 1. The molecular weight excluding hydrogens is 240 g/mol. The number of benzene rings is 1. The van der Waals surface area contributed by atoms with Crippen LogP contribution in [0.15, 0.2) is 30.5 Å². The van der Waals surface area contributed by atoms with E-state index in [4.69, 9.17) is 0 Å². The summed E-state index contributed by atoms with van der Waals surface area (Å²) < 4.78 is 0. The second kappa shape index (κ2) is 5.05. The molecule has 1 heterocycles. The van der Waals surface area contributed by atoms with Crippen LogP contribution in [0, 0.1) is 0 Å². The van der Waals surface area contributed by atoms with Crippen molar-refractivity contribution in [2.24, 2.45) is 0 Å². The number of nitrogens with one attached hydrogen (secondary N) is 2. The van der Waals surface area contributed by atoms with Gasteiger partial charge in [0.15, 0.2) is 0 Å². The van der Waals surface area contributed by atoms with Crippen LogP contribution < -0.4 is 5.32 Å². The first kappa shape index (κ1) is 12.2. The highest BCUT2D eigenvalue weighted by molar-refractivity contribution is 6.05. The molecule has 2 aromatic rings. The average Bonchev–Trinajstić information content (AvgIpc) is 2.89. The molecule has 0 aliphatic heterocycles. The van der Waals surface area contributed by atoms with Crippen LogP contribution in [0.4, 0.5) is 0 Å². The van der Waals surface area contributed by atoms with Crippen LogP contribution in [0.1, 0.15) is 36.0 Å². The van der Waals surface area contributed by atoms with Gasteiger partial charge in [0.1, 0.15) is 0 Å². The summed E-state index contributed by atoms with van der Waals surface area (Å²) in [7, 11) is 0. The molecule has 4 heteroatoms. The van der Waals surface area contributed by atoms with Gasteiger partial charge in [-0.1, -0.05) is 25.0 Å². The van der Waals surface area contributed by atoms with Crippen molar-refractivity contribution in [1.82, 2.24) is 10.3 Å². The van der Waals surface area contributed by atoms with Gasteiger partial charge in [0.05, 0.1) is 23.2 Å². The van der Waals surface area contributed by atoms with Crippen LogP contribution in [-0.2, 0) is 0 Å². The normalized spacial score (nSPS) is 23.4. The van der Waals surface area contributed by atoms with E-state index in [0.717, 1.165) is 36.6 Å². The van der Waals surface area contributed by atoms with E-state index in [-0.39, 0.29) is 11.9 Å². The summed E-state index contributed by atoms with van der Waals surface area (Å²) in [4.78, 5) is 15.4. The number of rotatable bonds is 2. The SMILES string of the molecule is O=C(N[C@H]1CCCC[C@@H]1O)c1cccc2cc[nH]c12. The van der Waals surface area contributed by atoms with Crippen molar-refractivity contribution >= 4 is 16.8 Å². The smallest absolute Gasteiger partial charge is 0.253 e. The number of carbonyl (C=O) groups excluding carboxylic acids is 1. The summed E-state index contributed by atoms with van der Waals surface area (Å²) in [6, 6.07) is 7.48. The molecule has 100 valence electrons. The van der Waals surface area contributed by atoms with E-state index in [9.17, 15) is 9.90 Å². The molecule has 1 amide bonds. The van der Waals surface area contributed by atoms with E-state index >= 15 is 0 Å². The summed E-state index contributed by atoms with van der Waals surface area (Å²) >= 11 is 0. The summed E-state index contributed by atoms with van der Waals surface area (Å²) in [5.74, 6) is -0.112. The molecule has 2 atom stereocenters. The fraction of sp³-hybridized carbons (Fsp3) is 0.400. The second-order valence-electron chi connectivity index (χ2n) is 5.18. The number of fused-ring (bicyclic) bond motifs is 1. The van der Waals surface area contributed by atoms with Gasteiger partial charge >= 0.3 is 0 Å². The van der Waals surface area contributed by atoms with E-state index in [1.165, 1.54) is 0 Å². The Morgan fingerprint density at radius 2 is 2.11 bits per heavy atom. The topological polar surface area (TPSA) is 65.1 Å². The molecule has 0 unspecified atom stereocenters. The number of hydrogen-bond donors (Lipinski definition) is 3. The highest BCUT2D eigenvalue weighted by Gasteiger charge is 2.25. The van der Waals surface area contributed by atoms with Crippen molar-refractivity contribution in [2.75, 3.05) is 0 Å². The molecule has 1 aliphatic rings. The van der Waals surface area contributed by atoms with Gasteiger partial charge < -0.3 is 15.4 Å². The third-order valence-electron chi connectivity index (χ3n) is 3.88. The Kier molecular flexibility index (Phi) is 3.25. The minimum atomic E-state index is -0.416. The van der Waals surface area contributed by atoms with E-state index < -0.39 is 6.10 Å². The first-order valence-corrected chi connectivity index (χ1v) is 6.81. The summed E-state index contributed by atoms with van der Waals surface area (Å²) in [6.07, 6.45) is 5.15. The minimum Gasteiger partial charge on any atom is -0.391 e. The molecule has 0 spiro atoms. The average molecular weight is 258 g/mol. The molecule has 3 rings (SSSR count). The highest BCUT2D eigenvalue weighted by atomic mass is 16.3. The maximum Gasteiger partial charge on any atom is 0.253 e. The first-order chi connectivity index (χ1) is 9.25. The number of carbonyl (C=O) groups is 1. The van der Waals surface area contributed by atoms with Crippen molar-refractivity contribution in [3.8, 4) is 0 Å². The zero-order valence-corrected chi connectivity index (χ0v) is 10.7. The maximum atomic E-state index is 12.3. The zero-order valence-electron chi connectivity index (χ0n) is 10.7. The van der Waals surface area contributed by atoms with Crippen molar-refractivity contribution in [2.45, 2.75) is 37.8 Å². The lowest BCUT2D eigenvalue weighted by Crippen LogP contribution is -2.45. The van der Waals surface area contributed by atoms with E-state index in [1.807, 2.05) is 30.5 Å². The Morgan fingerprint density at radius 3 is 2.95 bits per heavy atom. The third-order valence-corrected chi connectivity index (χ3v) is 3.88. The van der Waals surface area contributed by atoms with Crippen molar-refractivity contribution < 1.29 is 9.90 Å². The number of H-pyrrole nitrogens is 1. The van der Waals surface area contributed by atoms with Crippen LogP contribution in [0.25, 0.3) is 10.9 Å². The summed E-state index contributed by atoms with van der Waals surface area (Å²) in [6.45, 7) is 0.